The van der Waals surface area contributed by atoms with Crippen molar-refractivity contribution in [2.24, 2.45) is 0 Å². The number of benzene rings is 2. The fourth-order valence-electron chi connectivity index (χ4n) is 4.03. The Bertz CT molecular complexity index is 927. The highest BCUT2D eigenvalue weighted by Gasteiger charge is 2.46. The van der Waals surface area contributed by atoms with E-state index >= 15 is 0 Å². The lowest BCUT2D eigenvalue weighted by Gasteiger charge is -2.30. The van der Waals surface area contributed by atoms with E-state index in [0.29, 0.717) is 17.5 Å². The van der Waals surface area contributed by atoms with E-state index in [1.807, 2.05) is 25.1 Å². The Kier molecular flexibility index (Phi) is 5.34. The number of ether oxygens (including phenoxy) is 1. The second kappa shape index (κ2) is 8.07. The molecule has 0 aromatic heterocycles. The molecule has 2 aromatic rings. The summed E-state index contributed by atoms with van der Waals surface area (Å²) in [4.78, 5) is 39.1. The highest BCUT2D eigenvalue weighted by Crippen LogP contribution is 2.38. The van der Waals surface area contributed by atoms with Crippen LogP contribution in [-0.4, -0.2) is 34.8 Å². The zero-order valence-electron chi connectivity index (χ0n) is 16.3. The summed E-state index contributed by atoms with van der Waals surface area (Å²) in [7, 11) is 0. The Labute approximate surface area is 169 Å². The molecule has 2 aliphatic heterocycles. The van der Waals surface area contributed by atoms with Crippen molar-refractivity contribution in [3.63, 3.8) is 0 Å². The fraction of sp³-hybridized carbons (Fsp3) is 0.348. The van der Waals surface area contributed by atoms with Gasteiger partial charge < -0.3 is 10.1 Å². The summed E-state index contributed by atoms with van der Waals surface area (Å²) in [6.07, 6.45) is 1.53. The number of carbonyl (C=O) groups excluding carboxylic acids is 3. The van der Waals surface area contributed by atoms with Crippen molar-refractivity contribution in [2.45, 2.75) is 50.9 Å². The van der Waals surface area contributed by atoms with Crippen LogP contribution in [0.3, 0.4) is 0 Å². The summed E-state index contributed by atoms with van der Waals surface area (Å²) < 4.78 is 5.46. The van der Waals surface area contributed by atoms with Crippen LogP contribution in [0.25, 0.3) is 0 Å². The summed E-state index contributed by atoms with van der Waals surface area (Å²) in [5.41, 5.74) is 2.32. The molecule has 3 atom stereocenters. The minimum Gasteiger partial charge on any atom is -0.433 e. The maximum Gasteiger partial charge on any atom is 0.340 e. The van der Waals surface area contributed by atoms with E-state index in [1.165, 1.54) is 10.5 Å². The molecule has 0 spiro atoms. The average Bonchev–Trinajstić information content (AvgIpc) is 3.27. The van der Waals surface area contributed by atoms with Crippen LogP contribution in [0.1, 0.15) is 53.9 Å². The minimum atomic E-state index is -0.830. The minimum absolute atomic E-state index is 0.0290. The van der Waals surface area contributed by atoms with Crippen LogP contribution >= 0.6 is 0 Å². The number of nitrogens with one attached hydrogen (secondary N) is 1. The Morgan fingerprint density at radius 1 is 1.14 bits per heavy atom. The summed E-state index contributed by atoms with van der Waals surface area (Å²) in [6, 6.07) is 16.5. The number of hydrogen-bond acceptors (Lipinski definition) is 4. The molecule has 29 heavy (non-hydrogen) atoms. The molecular weight excluding hydrogens is 368 g/mol. The van der Waals surface area contributed by atoms with Crippen molar-refractivity contribution in [3.05, 3.63) is 71.3 Å². The van der Waals surface area contributed by atoms with Gasteiger partial charge in [-0.25, -0.2) is 4.79 Å². The van der Waals surface area contributed by atoms with Crippen LogP contribution in [0.2, 0.25) is 0 Å². The van der Waals surface area contributed by atoms with Crippen molar-refractivity contribution in [1.82, 2.24) is 10.2 Å². The van der Waals surface area contributed by atoms with Gasteiger partial charge in [-0.15, -0.1) is 0 Å². The monoisotopic (exact) mass is 392 g/mol. The third kappa shape index (κ3) is 3.88. The van der Waals surface area contributed by atoms with Gasteiger partial charge in [-0.2, -0.15) is 0 Å². The Morgan fingerprint density at radius 2 is 1.86 bits per heavy atom. The maximum absolute atomic E-state index is 12.9. The SMILES string of the molecule is C[C@@H](CCc1ccccc1)NC(=O)[C@H]1CCC(=O)N1[C@H]1OC(=O)c2ccccc21. The molecule has 6 heteroatoms. The fourth-order valence-corrected chi connectivity index (χ4v) is 4.03. The number of likely N-dealkylation sites (tertiary alicyclic amines) is 1. The van der Waals surface area contributed by atoms with E-state index in [2.05, 4.69) is 17.4 Å². The van der Waals surface area contributed by atoms with E-state index in [1.54, 1.807) is 24.3 Å². The van der Waals surface area contributed by atoms with E-state index < -0.39 is 18.2 Å². The van der Waals surface area contributed by atoms with E-state index in [0.717, 1.165) is 12.8 Å². The van der Waals surface area contributed by atoms with Crippen LogP contribution in [0, 0.1) is 0 Å². The molecule has 0 saturated carbocycles. The van der Waals surface area contributed by atoms with Gasteiger partial charge in [0.1, 0.15) is 6.04 Å². The second-order valence-corrected chi connectivity index (χ2v) is 7.63. The lowest BCUT2D eigenvalue weighted by atomic mass is 10.1. The predicted octanol–water partition coefficient (Wildman–Crippen LogP) is 2.98. The average molecular weight is 392 g/mol. The van der Waals surface area contributed by atoms with Crippen LogP contribution in [0.4, 0.5) is 0 Å². The highest BCUT2D eigenvalue weighted by molar-refractivity contribution is 5.96. The van der Waals surface area contributed by atoms with Crippen LogP contribution in [0.15, 0.2) is 54.6 Å². The van der Waals surface area contributed by atoms with Gasteiger partial charge >= 0.3 is 5.97 Å². The van der Waals surface area contributed by atoms with E-state index in [-0.39, 0.29) is 24.3 Å². The normalized spacial score (nSPS) is 21.6. The number of rotatable bonds is 6. The first kappa shape index (κ1) is 19.2. The Balaban J connectivity index is 1.43. The summed E-state index contributed by atoms with van der Waals surface area (Å²) >= 11 is 0. The zero-order chi connectivity index (χ0) is 20.4. The highest BCUT2D eigenvalue weighted by atomic mass is 16.6. The van der Waals surface area contributed by atoms with Gasteiger partial charge in [-0.3, -0.25) is 14.5 Å². The van der Waals surface area contributed by atoms with Gasteiger partial charge in [-0.1, -0.05) is 48.5 Å². The molecule has 150 valence electrons. The van der Waals surface area contributed by atoms with Crippen molar-refractivity contribution < 1.29 is 19.1 Å². The number of carbonyl (C=O) groups is 3. The first-order chi connectivity index (χ1) is 14.0. The first-order valence-electron chi connectivity index (χ1n) is 10.00. The Morgan fingerprint density at radius 3 is 2.66 bits per heavy atom. The molecule has 0 unspecified atom stereocenters. The molecule has 2 amide bonds. The molecule has 1 N–H and O–H groups in total. The summed E-state index contributed by atoms with van der Waals surface area (Å²) in [5.74, 6) is -0.825. The molecule has 2 aromatic carbocycles. The number of aryl methyl sites for hydroxylation is 1. The molecule has 2 heterocycles. The third-order valence-corrected chi connectivity index (χ3v) is 5.57. The molecular formula is C23H24N2O4. The molecule has 6 nitrogen and oxygen atoms in total. The molecule has 4 rings (SSSR count). The maximum atomic E-state index is 12.9. The second-order valence-electron chi connectivity index (χ2n) is 7.63. The van der Waals surface area contributed by atoms with E-state index in [9.17, 15) is 14.4 Å². The van der Waals surface area contributed by atoms with Crippen LogP contribution < -0.4 is 5.32 Å². The van der Waals surface area contributed by atoms with Gasteiger partial charge in [0.2, 0.25) is 18.0 Å². The molecule has 2 aliphatic rings. The van der Waals surface area contributed by atoms with Crippen LogP contribution in [0.5, 0.6) is 0 Å². The summed E-state index contributed by atoms with van der Waals surface area (Å²) in [5, 5.41) is 3.03. The number of nitrogens with zero attached hydrogens (tertiary/aromatic N) is 1. The molecule has 0 aliphatic carbocycles. The predicted molar refractivity (Wildman–Crippen MR) is 107 cm³/mol. The number of amides is 2. The van der Waals surface area contributed by atoms with Gasteiger partial charge in [0.25, 0.3) is 0 Å². The number of esters is 1. The third-order valence-electron chi connectivity index (χ3n) is 5.57. The van der Waals surface area contributed by atoms with Crippen molar-refractivity contribution >= 4 is 17.8 Å². The zero-order valence-corrected chi connectivity index (χ0v) is 16.3. The van der Waals surface area contributed by atoms with Gasteiger partial charge in [-0.05, 0) is 37.8 Å². The topological polar surface area (TPSA) is 75.7 Å². The number of cyclic esters (lactones) is 1. The smallest absolute Gasteiger partial charge is 0.340 e. The first-order valence-corrected chi connectivity index (χ1v) is 10.00. The van der Waals surface area contributed by atoms with Crippen LogP contribution in [-0.2, 0) is 20.7 Å². The van der Waals surface area contributed by atoms with Gasteiger partial charge in [0, 0.05) is 18.0 Å². The quantitative estimate of drug-likeness (QED) is 0.767. The largest absolute Gasteiger partial charge is 0.433 e. The standard InChI is InChI=1S/C23H24N2O4/c1-15(11-12-16-7-3-2-4-8-16)24-21(27)19-13-14-20(26)25(19)22-17-9-5-6-10-18(17)23(28)29-22/h2-10,15,19,22H,11-14H2,1H3,(H,24,27)/t15-,19+,22-/m0/s1. The van der Waals surface area contributed by atoms with Crippen molar-refractivity contribution in [3.8, 4) is 0 Å². The molecule has 1 fully saturated rings. The molecule has 0 bridgehead atoms. The van der Waals surface area contributed by atoms with Crippen molar-refractivity contribution in [2.75, 3.05) is 0 Å². The van der Waals surface area contributed by atoms with E-state index in [4.69, 9.17) is 4.74 Å². The molecule has 0 radical (unpaired) electrons. The Hall–Kier alpha value is -3.15. The number of fused-ring (bicyclic) bond motifs is 1. The number of hydrogen-bond donors (Lipinski definition) is 1. The lowest BCUT2D eigenvalue weighted by molar-refractivity contribution is -0.146. The van der Waals surface area contributed by atoms with Crippen molar-refractivity contribution in [1.29, 1.82) is 0 Å². The lowest BCUT2D eigenvalue weighted by Crippen LogP contribution is -2.48. The molecule has 1 saturated heterocycles. The summed E-state index contributed by atoms with van der Waals surface area (Å²) in [6.45, 7) is 1.97. The van der Waals surface area contributed by atoms with Gasteiger partial charge in [0.05, 0.1) is 5.56 Å². The van der Waals surface area contributed by atoms with Gasteiger partial charge in [0.15, 0.2) is 0 Å².